The number of aromatic nitrogens is 1. The number of rotatable bonds is 2. The van der Waals surface area contributed by atoms with Crippen molar-refractivity contribution in [3.8, 4) is 0 Å². The summed E-state index contributed by atoms with van der Waals surface area (Å²) >= 11 is 0. The van der Waals surface area contributed by atoms with Crippen LogP contribution in [0.1, 0.15) is 11.1 Å². The van der Waals surface area contributed by atoms with Crippen molar-refractivity contribution >= 4 is 5.69 Å². The van der Waals surface area contributed by atoms with Gasteiger partial charge in [-0.3, -0.25) is 4.98 Å². The molecule has 17 heavy (non-hydrogen) atoms. The Morgan fingerprint density at radius 3 is 2.53 bits per heavy atom. The molecule has 0 bridgehead atoms. The minimum absolute atomic E-state index is 0.0658. The average Bonchev–Trinajstić information content (AvgIpc) is 2.29. The number of anilines is 1. The average molecular weight is 226 g/mol. The van der Waals surface area contributed by atoms with Gasteiger partial charge in [0.2, 0.25) is 0 Å². The van der Waals surface area contributed by atoms with E-state index in [0.29, 0.717) is 13.2 Å². The highest BCUT2D eigenvalue weighted by molar-refractivity contribution is 5.48. The lowest BCUT2D eigenvalue weighted by atomic mass is 9.73. The maximum Gasteiger partial charge on any atom is 0.0685 e. The Morgan fingerprint density at radius 1 is 1.12 bits per heavy atom. The summed E-state index contributed by atoms with van der Waals surface area (Å²) in [5.41, 5.74) is 8.98. The SMILES string of the molecule is Nc1cccc(C2(c3cccnc3)COC2)c1. The number of nitrogens with zero attached hydrogens (tertiary/aromatic N) is 1. The third-order valence-corrected chi connectivity index (χ3v) is 3.35. The van der Waals surface area contributed by atoms with Crippen molar-refractivity contribution in [2.75, 3.05) is 18.9 Å². The molecular formula is C14H14N2O. The van der Waals surface area contributed by atoms with Crippen LogP contribution in [0.4, 0.5) is 5.69 Å². The van der Waals surface area contributed by atoms with Crippen molar-refractivity contribution in [3.63, 3.8) is 0 Å². The molecule has 1 aliphatic heterocycles. The van der Waals surface area contributed by atoms with Gasteiger partial charge in [0.05, 0.1) is 18.6 Å². The molecule has 0 aliphatic carbocycles. The van der Waals surface area contributed by atoms with Crippen LogP contribution in [-0.4, -0.2) is 18.2 Å². The molecule has 1 saturated heterocycles. The van der Waals surface area contributed by atoms with E-state index in [1.807, 2.05) is 30.5 Å². The highest BCUT2D eigenvalue weighted by Gasteiger charge is 2.42. The Balaban J connectivity index is 2.09. The molecule has 1 aliphatic rings. The summed E-state index contributed by atoms with van der Waals surface area (Å²) in [6.45, 7) is 1.39. The molecule has 0 unspecified atom stereocenters. The molecular weight excluding hydrogens is 212 g/mol. The van der Waals surface area contributed by atoms with E-state index >= 15 is 0 Å². The second kappa shape index (κ2) is 3.86. The van der Waals surface area contributed by atoms with E-state index in [-0.39, 0.29) is 5.41 Å². The summed E-state index contributed by atoms with van der Waals surface area (Å²) in [6.07, 6.45) is 3.70. The van der Waals surface area contributed by atoms with Crippen LogP contribution in [0.25, 0.3) is 0 Å². The van der Waals surface area contributed by atoms with Gasteiger partial charge in [0.25, 0.3) is 0 Å². The number of hydrogen-bond acceptors (Lipinski definition) is 3. The summed E-state index contributed by atoms with van der Waals surface area (Å²) in [6, 6.07) is 12.1. The zero-order valence-electron chi connectivity index (χ0n) is 9.47. The van der Waals surface area contributed by atoms with Crippen LogP contribution < -0.4 is 5.73 Å². The van der Waals surface area contributed by atoms with Gasteiger partial charge < -0.3 is 10.5 Å². The summed E-state index contributed by atoms with van der Waals surface area (Å²) in [5, 5.41) is 0. The lowest BCUT2D eigenvalue weighted by Gasteiger charge is -2.42. The van der Waals surface area contributed by atoms with Crippen molar-refractivity contribution in [1.29, 1.82) is 0 Å². The van der Waals surface area contributed by atoms with Gasteiger partial charge in [-0.05, 0) is 29.3 Å². The summed E-state index contributed by atoms with van der Waals surface area (Å²) < 4.78 is 5.42. The molecule has 2 aromatic rings. The van der Waals surface area contributed by atoms with Crippen LogP contribution >= 0.6 is 0 Å². The topological polar surface area (TPSA) is 48.1 Å². The molecule has 1 aromatic carbocycles. The zero-order chi connectivity index (χ0) is 11.7. The lowest BCUT2D eigenvalue weighted by Crippen LogP contribution is -2.47. The molecule has 2 heterocycles. The van der Waals surface area contributed by atoms with Gasteiger partial charge in [-0.1, -0.05) is 18.2 Å². The van der Waals surface area contributed by atoms with Crippen molar-refractivity contribution < 1.29 is 4.74 Å². The Morgan fingerprint density at radius 2 is 1.94 bits per heavy atom. The minimum atomic E-state index is -0.0658. The molecule has 0 atom stereocenters. The van der Waals surface area contributed by atoms with Gasteiger partial charge >= 0.3 is 0 Å². The third kappa shape index (κ3) is 1.59. The normalized spacial score (nSPS) is 17.4. The van der Waals surface area contributed by atoms with Crippen molar-refractivity contribution in [1.82, 2.24) is 4.98 Å². The Bertz CT molecular complexity index is 521. The van der Waals surface area contributed by atoms with Crippen LogP contribution in [0.3, 0.4) is 0 Å². The molecule has 2 N–H and O–H groups in total. The van der Waals surface area contributed by atoms with E-state index in [9.17, 15) is 0 Å². The fraction of sp³-hybridized carbons (Fsp3) is 0.214. The van der Waals surface area contributed by atoms with E-state index < -0.39 is 0 Å². The molecule has 3 nitrogen and oxygen atoms in total. The van der Waals surface area contributed by atoms with E-state index in [2.05, 4.69) is 17.1 Å². The Kier molecular flexibility index (Phi) is 2.34. The molecule has 3 rings (SSSR count). The predicted octanol–water partition coefficient (Wildman–Crippen LogP) is 1.98. The maximum absolute atomic E-state index is 5.86. The maximum atomic E-state index is 5.86. The number of pyridine rings is 1. The summed E-state index contributed by atoms with van der Waals surface area (Å²) in [7, 11) is 0. The Hall–Kier alpha value is -1.87. The van der Waals surface area contributed by atoms with Crippen molar-refractivity contribution in [2.24, 2.45) is 0 Å². The number of nitrogens with two attached hydrogens (primary N) is 1. The molecule has 0 saturated carbocycles. The second-order valence-electron chi connectivity index (χ2n) is 4.44. The van der Waals surface area contributed by atoms with Gasteiger partial charge in [0, 0.05) is 18.1 Å². The van der Waals surface area contributed by atoms with Gasteiger partial charge in [0.1, 0.15) is 0 Å². The highest BCUT2D eigenvalue weighted by atomic mass is 16.5. The first-order valence-corrected chi connectivity index (χ1v) is 5.65. The van der Waals surface area contributed by atoms with Crippen molar-refractivity contribution in [2.45, 2.75) is 5.41 Å². The molecule has 0 spiro atoms. The van der Waals surface area contributed by atoms with Gasteiger partial charge in [-0.25, -0.2) is 0 Å². The fourth-order valence-electron chi connectivity index (χ4n) is 2.29. The van der Waals surface area contributed by atoms with E-state index in [4.69, 9.17) is 10.5 Å². The predicted molar refractivity (Wildman–Crippen MR) is 66.7 cm³/mol. The standard InChI is InChI=1S/C14H14N2O/c15-13-5-1-3-11(7-13)14(9-17-10-14)12-4-2-6-16-8-12/h1-8H,9-10,15H2. The second-order valence-corrected chi connectivity index (χ2v) is 4.44. The highest BCUT2D eigenvalue weighted by Crippen LogP contribution is 2.39. The smallest absolute Gasteiger partial charge is 0.0685 e. The number of nitrogen functional groups attached to an aromatic ring is 1. The largest absolute Gasteiger partial charge is 0.399 e. The van der Waals surface area contributed by atoms with Gasteiger partial charge in [-0.2, -0.15) is 0 Å². The Labute approximate surface area is 100 Å². The first-order valence-electron chi connectivity index (χ1n) is 5.65. The van der Waals surface area contributed by atoms with Gasteiger partial charge in [0.15, 0.2) is 0 Å². The number of hydrogen-bond donors (Lipinski definition) is 1. The van der Waals surface area contributed by atoms with Crippen molar-refractivity contribution in [3.05, 3.63) is 59.9 Å². The minimum Gasteiger partial charge on any atom is -0.399 e. The lowest BCUT2D eigenvalue weighted by molar-refractivity contribution is -0.0381. The molecule has 86 valence electrons. The van der Waals surface area contributed by atoms with E-state index in [1.165, 1.54) is 11.1 Å². The molecule has 0 amide bonds. The monoisotopic (exact) mass is 226 g/mol. The quantitative estimate of drug-likeness (QED) is 0.796. The zero-order valence-corrected chi connectivity index (χ0v) is 9.47. The van der Waals surface area contributed by atoms with Crippen LogP contribution in [0.15, 0.2) is 48.8 Å². The first-order chi connectivity index (χ1) is 8.31. The first kappa shape index (κ1) is 10.3. The van der Waals surface area contributed by atoms with E-state index in [1.54, 1.807) is 6.20 Å². The third-order valence-electron chi connectivity index (χ3n) is 3.35. The number of ether oxygens (including phenoxy) is 1. The van der Waals surface area contributed by atoms with Crippen LogP contribution in [0, 0.1) is 0 Å². The van der Waals surface area contributed by atoms with Crippen LogP contribution in [-0.2, 0) is 10.2 Å². The molecule has 3 heteroatoms. The molecule has 1 aromatic heterocycles. The number of benzene rings is 1. The van der Waals surface area contributed by atoms with Crippen LogP contribution in [0.5, 0.6) is 0 Å². The summed E-state index contributed by atoms with van der Waals surface area (Å²) in [4.78, 5) is 4.19. The molecule has 0 radical (unpaired) electrons. The summed E-state index contributed by atoms with van der Waals surface area (Å²) in [5.74, 6) is 0. The fourth-order valence-corrected chi connectivity index (χ4v) is 2.29. The molecule has 1 fully saturated rings. The van der Waals surface area contributed by atoms with E-state index in [0.717, 1.165) is 5.69 Å². The van der Waals surface area contributed by atoms with Gasteiger partial charge in [-0.15, -0.1) is 0 Å². The van der Waals surface area contributed by atoms with Crippen LogP contribution in [0.2, 0.25) is 0 Å².